The summed E-state index contributed by atoms with van der Waals surface area (Å²) in [6.45, 7) is 3.90. The van der Waals surface area contributed by atoms with Crippen LogP contribution in [0.4, 0.5) is 5.69 Å². The van der Waals surface area contributed by atoms with E-state index in [1.54, 1.807) is 0 Å². The van der Waals surface area contributed by atoms with E-state index in [2.05, 4.69) is 12.2 Å². The monoisotopic (exact) mass is 266 g/mol. The van der Waals surface area contributed by atoms with Crippen molar-refractivity contribution in [3.8, 4) is 5.75 Å². The van der Waals surface area contributed by atoms with Gasteiger partial charge in [-0.1, -0.05) is 13.3 Å². The second-order valence-corrected chi connectivity index (χ2v) is 4.30. The van der Waals surface area contributed by atoms with E-state index in [1.807, 2.05) is 6.92 Å². The molecule has 0 saturated carbocycles. The van der Waals surface area contributed by atoms with E-state index in [0.717, 1.165) is 12.8 Å². The minimum absolute atomic E-state index is 0.00614. The number of nitro benzene ring substituents is 1. The molecule has 0 radical (unpaired) electrons. The van der Waals surface area contributed by atoms with Gasteiger partial charge in [0.2, 0.25) is 0 Å². The summed E-state index contributed by atoms with van der Waals surface area (Å²) < 4.78 is 5.25. The molecule has 0 heterocycles. The van der Waals surface area contributed by atoms with E-state index in [-0.39, 0.29) is 24.2 Å². The first-order chi connectivity index (χ1) is 9.02. The Balaban J connectivity index is 2.39. The van der Waals surface area contributed by atoms with Crippen LogP contribution in [0.15, 0.2) is 24.3 Å². The van der Waals surface area contributed by atoms with Gasteiger partial charge in [0.25, 0.3) is 11.6 Å². The van der Waals surface area contributed by atoms with Crippen molar-refractivity contribution in [2.45, 2.75) is 32.7 Å². The van der Waals surface area contributed by atoms with Gasteiger partial charge in [-0.2, -0.15) is 0 Å². The Morgan fingerprint density at radius 1 is 1.42 bits per heavy atom. The van der Waals surface area contributed by atoms with Crippen LogP contribution in [0, 0.1) is 10.1 Å². The van der Waals surface area contributed by atoms with Crippen LogP contribution in [0.5, 0.6) is 5.75 Å². The molecule has 1 aromatic carbocycles. The highest BCUT2D eigenvalue weighted by molar-refractivity contribution is 5.77. The Morgan fingerprint density at radius 2 is 2.05 bits per heavy atom. The molecule has 0 unspecified atom stereocenters. The Labute approximate surface area is 111 Å². The molecule has 0 spiro atoms. The van der Waals surface area contributed by atoms with Crippen LogP contribution in [0.1, 0.15) is 26.7 Å². The number of rotatable bonds is 7. The van der Waals surface area contributed by atoms with Crippen molar-refractivity contribution in [3.05, 3.63) is 34.4 Å². The van der Waals surface area contributed by atoms with Gasteiger partial charge in [0.15, 0.2) is 6.61 Å². The molecule has 1 N–H and O–H groups in total. The highest BCUT2D eigenvalue weighted by Gasteiger charge is 2.08. The average Bonchev–Trinajstić information content (AvgIpc) is 2.37. The van der Waals surface area contributed by atoms with Crippen LogP contribution < -0.4 is 10.1 Å². The topological polar surface area (TPSA) is 81.5 Å². The van der Waals surface area contributed by atoms with E-state index in [0.29, 0.717) is 5.75 Å². The largest absolute Gasteiger partial charge is 0.484 e. The van der Waals surface area contributed by atoms with Crippen molar-refractivity contribution >= 4 is 11.6 Å². The predicted octanol–water partition coefficient (Wildman–Crippen LogP) is 2.28. The smallest absolute Gasteiger partial charge is 0.269 e. The summed E-state index contributed by atoms with van der Waals surface area (Å²) >= 11 is 0. The van der Waals surface area contributed by atoms with E-state index in [9.17, 15) is 14.9 Å². The van der Waals surface area contributed by atoms with Crippen molar-refractivity contribution in [3.63, 3.8) is 0 Å². The summed E-state index contributed by atoms with van der Waals surface area (Å²) in [7, 11) is 0. The van der Waals surface area contributed by atoms with Crippen LogP contribution in [0.2, 0.25) is 0 Å². The highest BCUT2D eigenvalue weighted by atomic mass is 16.6. The van der Waals surface area contributed by atoms with Crippen LogP contribution >= 0.6 is 0 Å². The molecule has 104 valence electrons. The third kappa shape index (κ3) is 5.37. The first-order valence-electron chi connectivity index (χ1n) is 6.19. The molecule has 19 heavy (non-hydrogen) atoms. The van der Waals surface area contributed by atoms with Gasteiger partial charge in [-0.3, -0.25) is 14.9 Å². The summed E-state index contributed by atoms with van der Waals surface area (Å²) in [5.74, 6) is 0.239. The lowest BCUT2D eigenvalue weighted by atomic mass is 10.2. The molecular formula is C13H18N2O4. The fraction of sp³-hybridized carbons (Fsp3) is 0.462. The average molecular weight is 266 g/mol. The molecular weight excluding hydrogens is 248 g/mol. The van der Waals surface area contributed by atoms with Crippen LogP contribution in [0.25, 0.3) is 0 Å². The van der Waals surface area contributed by atoms with Gasteiger partial charge < -0.3 is 10.1 Å². The summed E-state index contributed by atoms with van der Waals surface area (Å²) in [6, 6.07) is 5.75. The summed E-state index contributed by atoms with van der Waals surface area (Å²) in [5.41, 5.74) is -0.00614. The van der Waals surface area contributed by atoms with Gasteiger partial charge in [0.05, 0.1) is 4.92 Å². The lowest BCUT2D eigenvalue weighted by Gasteiger charge is -2.13. The number of nitro groups is 1. The molecule has 1 amide bonds. The van der Waals surface area contributed by atoms with Crippen LogP contribution in [-0.2, 0) is 4.79 Å². The fourth-order valence-electron chi connectivity index (χ4n) is 1.63. The first kappa shape index (κ1) is 14.9. The van der Waals surface area contributed by atoms with Crippen molar-refractivity contribution in [2.24, 2.45) is 0 Å². The third-order valence-corrected chi connectivity index (χ3v) is 2.55. The molecule has 0 aliphatic carbocycles. The standard InChI is InChI=1S/C13H18N2O4/c1-3-4-10(2)14-13(16)9-19-12-7-5-11(6-8-12)15(17)18/h5-8,10H,3-4,9H2,1-2H3,(H,14,16)/t10-/m1/s1. The van der Waals surface area contributed by atoms with Crippen molar-refractivity contribution in [1.82, 2.24) is 5.32 Å². The number of hydrogen-bond donors (Lipinski definition) is 1. The van der Waals surface area contributed by atoms with Crippen molar-refractivity contribution in [1.29, 1.82) is 0 Å². The number of hydrogen-bond acceptors (Lipinski definition) is 4. The van der Waals surface area contributed by atoms with Crippen LogP contribution in [-0.4, -0.2) is 23.5 Å². The molecule has 0 aliphatic heterocycles. The lowest BCUT2D eigenvalue weighted by molar-refractivity contribution is -0.384. The molecule has 0 saturated heterocycles. The minimum atomic E-state index is -0.483. The summed E-state index contributed by atoms with van der Waals surface area (Å²) in [6.07, 6.45) is 1.92. The quantitative estimate of drug-likeness (QED) is 0.606. The maximum Gasteiger partial charge on any atom is 0.269 e. The molecule has 1 rings (SSSR count). The molecule has 0 fully saturated rings. The summed E-state index contributed by atoms with van der Waals surface area (Å²) in [4.78, 5) is 21.5. The van der Waals surface area contributed by atoms with Crippen molar-refractivity contribution in [2.75, 3.05) is 6.61 Å². The number of benzene rings is 1. The second-order valence-electron chi connectivity index (χ2n) is 4.30. The molecule has 1 atom stereocenters. The first-order valence-corrected chi connectivity index (χ1v) is 6.19. The number of non-ortho nitro benzene ring substituents is 1. The van der Waals surface area contributed by atoms with E-state index in [4.69, 9.17) is 4.74 Å². The highest BCUT2D eigenvalue weighted by Crippen LogP contribution is 2.17. The van der Waals surface area contributed by atoms with E-state index in [1.165, 1.54) is 24.3 Å². The molecule has 6 nitrogen and oxygen atoms in total. The maximum absolute atomic E-state index is 11.5. The molecule has 0 aromatic heterocycles. The number of amides is 1. The number of nitrogens with zero attached hydrogens (tertiary/aromatic N) is 1. The van der Waals surface area contributed by atoms with Gasteiger partial charge >= 0.3 is 0 Å². The summed E-state index contributed by atoms with van der Waals surface area (Å²) in [5, 5.41) is 13.3. The Morgan fingerprint density at radius 3 is 2.58 bits per heavy atom. The molecule has 6 heteroatoms. The third-order valence-electron chi connectivity index (χ3n) is 2.55. The molecule has 0 aliphatic rings. The lowest BCUT2D eigenvalue weighted by Crippen LogP contribution is -2.35. The minimum Gasteiger partial charge on any atom is -0.484 e. The maximum atomic E-state index is 11.5. The normalized spacial score (nSPS) is 11.7. The van der Waals surface area contributed by atoms with E-state index >= 15 is 0 Å². The second kappa shape index (κ2) is 7.35. The number of carbonyl (C=O) groups excluding carboxylic acids is 1. The SMILES string of the molecule is CCC[C@@H](C)NC(=O)COc1ccc([N+](=O)[O-])cc1. The van der Waals surface area contributed by atoms with Gasteiger partial charge in [0.1, 0.15) is 5.75 Å². The van der Waals surface area contributed by atoms with Gasteiger partial charge in [-0.15, -0.1) is 0 Å². The Bertz CT molecular complexity index is 431. The van der Waals surface area contributed by atoms with Gasteiger partial charge in [0, 0.05) is 18.2 Å². The van der Waals surface area contributed by atoms with Gasteiger partial charge in [-0.25, -0.2) is 0 Å². The Hall–Kier alpha value is -2.11. The predicted molar refractivity (Wildman–Crippen MR) is 71.1 cm³/mol. The zero-order valence-electron chi connectivity index (χ0n) is 11.1. The number of carbonyl (C=O) groups is 1. The number of ether oxygens (including phenoxy) is 1. The zero-order chi connectivity index (χ0) is 14.3. The fourth-order valence-corrected chi connectivity index (χ4v) is 1.63. The number of nitrogens with one attached hydrogen (secondary N) is 1. The zero-order valence-corrected chi connectivity index (χ0v) is 11.1. The Kier molecular flexibility index (Phi) is 5.78. The molecule has 0 bridgehead atoms. The molecule has 1 aromatic rings. The van der Waals surface area contributed by atoms with Gasteiger partial charge in [-0.05, 0) is 25.5 Å². The van der Waals surface area contributed by atoms with E-state index < -0.39 is 4.92 Å². The van der Waals surface area contributed by atoms with Crippen molar-refractivity contribution < 1.29 is 14.5 Å². The van der Waals surface area contributed by atoms with Crippen LogP contribution in [0.3, 0.4) is 0 Å².